The summed E-state index contributed by atoms with van der Waals surface area (Å²) in [6.45, 7) is 4.96. The number of aliphatic hydroxyl groups is 1. The summed E-state index contributed by atoms with van der Waals surface area (Å²) in [5, 5.41) is 9.13. The molecule has 0 spiro atoms. The fourth-order valence-corrected chi connectivity index (χ4v) is 2.09. The number of nitrogens with zero attached hydrogens (tertiary/aromatic N) is 1. The normalized spacial score (nSPS) is 12.8. The number of aliphatic hydroxyl groups excluding tert-OH is 1. The van der Waals surface area contributed by atoms with Gasteiger partial charge in [-0.25, -0.2) is 0 Å². The van der Waals surface area contributed by atoms with Crippen LogP contribution in [0.2, 0.25) is 0 Å². The first-order chi connectivity index (χ1) is 8.10. The van der Waals surface area contributed by atoms with E-state index < -0.39 is 0 Å². The minimum absolute atomic E-state index is 0.204. The maximum Gasteiger partial charge on any atom is 0.119 e. The van der Waals surface area contributed by atoms with Gasteiger partial charge in [0.2, 0.25) is 0 Å². The first kappa shape index (κ1) is 14.0. The number of aryl methyl sites for hydroxylation is 1. The lowest BCUT2D eigenvalue weighted by Gasteiger charge is -2.25. The molecule has 0 aliphatic carbocycles. The molecule has 0 heterocycles. The Labute approximate surface area is 104 Å². The van der Waals surface area contributed by atoms with Gasteiger partial charge in [-0.3, -0.25) is 0 Å². The summed E-state index contributed by atoms with van der Waals surface area (Å²) in [5.41, 5.74) is 2.47. The average Bonchev–Trinajstić information content (AvgIpc) is 2.27. The molecule has 0 amide bonds. The van der Waals surface area contributed by atoms with E-state index in [0.29, 0.717) is 6.61 Å². The summed E-state index contributed by atoms with van der Waals surface area (Å²) in [4.78, 5) is 2.14. The van der Waals surface area contributed by atoms with E-state index >= 15 is 0 Å². The number of hydrogen-bond donors (Lipinski definition) is 1. The highest BCUT2D eigenvalue weighted by molar-refractivity contribution is 5.36. The molecular formula is C14H23NO2. The van der Waals surface area contributed by atoms with Crippen LogP contribution in [0.15, 0.2) is 18.2 Å². The molecule has 0 aliphatic heterocycles. The summed E-state index contributed by atoms with van der Waals surface area (Å²) in [5.74, 6) is 0.912. The molecule has 1 atom stereocenters. The highest BCUT2D eigenvalue weighted by Crippen LogP contribution is 2.27. The molecule has 0 aromatic heterocycles. The van der Waals surface area contributed by atoms with Crippen LogP contribution in [0.25, 0.3) is 0 Å². The third kappa shape index (κ3) is 3.72. The molecule has 1 rings (SSSR count). The molecule has 3 nitrogen and oxygen atoms in total. The van der Waals surface area contributed by atoms with Crippen molar-refractivity contribution in [3.63, 3.8) is 0 Å². The van der Waals surface area contributed by atoms with Gasteiger partial charge in [0.25, 0.3) is 0 Å². The van der Waals surface area contributed by atoms with E-state index in [1.807, 2.05) is 27.1 Å². The fraction of sp³-hybridized carbons (Fsp3) is 0.571. The Bertz CT molecular complexity index is 350. The Morgan fingerprint density at radius 3 is 2.53 bits per heavy atom. The predicted molar refractivity (Wildman–Crippen MR) is 70.5 cm³/mol. The Morgan fingerprint density at radius 1 is 1.35 bits per heavy atom. The van der Waals surface area contributed by atoms with Crippen molar-refractivity contribution >= 4 is 0 Å². The van der Waals surface area contributed by atoms with Crippen molar-refractivity contribution in [2.24, 2.45) is 0 Å². The van der Waals surface area contributed by atoms with Gasteiger partial charge in [0.15, 0.2) is 0 Å². The van der Waals surface area contributed by atoms with Crippen LogP contribution in [0.1, 0.15) is 30.5 Å². The van der Waals surface area contributed by atoms with Crippen molar-refractivity contribution in [3.05, 3.63) is 29.3 Å². The van der Waals surface area contributed by atoms with Crippen LogP contribution in [0.4, 0.5) is 0 Å². The first-order valence-electron chi connectivity index (χ1n) is 6.10. The van der Waals surface area contributed by atoms with E-state index in [1.54, 1.807) is 0 Å². The van der Waals surface area contributed by atoms with Crippen LogP contribution in [0, 0.1) is 6.92 Å². The van der Waals surface area contributed by atoms with Crippen molar-refractivity contribution in [3.8, 4) is 5.75 Å². The minimum Gasteiger partial charge on any atom is -0.494 e. The molecule has 1 N–H and O–H groups in total. The lowest BCUT2D eigenvalue weighted by molar-refractivity contribution is 0.210. The Hall–Kier alpha value is -1.06. The van der Waals surface area contributed by atoms with Crippen molar-refractivity contribution in [2.45, 2.75) is 26.3 Å². The largest absolute Gasteiger partial charge is 0.494 e. The second kappa shape index (κ2) is 6.62. The molecule has 1 aromatic carbocycles. The fourth-order valence-electron chi connectivity index (χ4n) is 2.09. The highest BCUT2D eigenvalue weighted by atomic mass is 16.5. The van der Waals surface area contributed by atoms with Gasteiger partial charge in [0, 0.05) is 12.6 Å². The van der Waals surface area contributed by atoms with E-state index in [0.717, 1.165) is 12.2 Å². The van der Waals surface area contributed by atoms with Crippen LogP contribution >= 0.6 is 0 Å². The van der Waals surface area contributed by atoms with Crippen molar-refractivity contribution in [2.75, 3.05) is 27.3 Å². The lowest BCUT2D eigenvalue weighted by Crippen LogP contribution is -2.21. The molecule has 0 saturated carbocycles. The molecule has 96 valence electrons. The SMILES string of the molecule is CCOc1ccc(C(CCO)N(C)C)c(C)c1. The lowest BCUT2D eigenvalue weighted by atomic mass is 9.98. The summed E-state index contributed by atoms with van der Waals surface area (Å²) in [6, 6.07) is 6.42. The van der Waals surface area contributed by atoms with E-state index in [-0.39, 0.29) is 12.6 Å². The van der Waals surface area contributed by atoms with E-state index in [9.17, 15) is 0 Å². The molecule has 3 heteroatoms. The summed E-state index contributed by atoms with van der Waals surface area (Å²) in [6.07, 6.45) is 0.752. The van der Waals surface area contributed by atoms with Gasteiger partial charge >= 0.3 is 0 Å². The van der Waals surface area contributed by atoms with E-state index in [2.05, 4.69) is 24.0 Å². The van der Waals surface area contributed by atoms with Gasteiger partial charge < -0.3 is 14.7 Å². The van der Waals surface area contributed by atoms with Crippen molar-refractivity contribution < 1.29 is 9.84 Å². The molecule has 0 radical (unpaired) electrons. The predicted octanol–water partition coefficient (Wildman–Crippen LogP) is 2.38. The highest BCUT2D eigenvalue weighted by Gasteiger charge is 2.15. The average molecular weight is 237 g/mol. The van der Waals surface area contributed by atoms with Gasteiger partial charge in [-0.05, 0) is 57.6 Å². The quantitative estimate of drug-likeness (QED) is 0.824. The topological polar surface area (TPSA) is 32.7 Å². The van der Waals surface area contributed by atoms with Crippen LogP contribution < -0.4 is 4.74 Å². The molecule has 17 heavy (non-hydrogen) atoms. The first-order valence-corrected chi connectivity index (χ1v) is 6.10. The van der Waals surface area contributed by atoms with Gasteiger partial charge in [0.05, 0.1) is 6.61 Å². The molecule has 0 aliphatic rings. The molecule has 1 aromatic rings. The zero-order chi connectivity index (χ0) is 12.8. The number of rotatable bonds is 6. The van der Waals surface area contributed by atoms with Gasteiger partial charge in [-0.2, -0.15) is 0 Å². The van der Waals surface area contributed by atoms with Crippen LogP contribution in [-0.2, 0) is 0 Å². The minimum atomic E-state index is 0.204. The maximum atomic E-state index is 9.13. The zero-order valence-electron chi connectivity index (χ0n) is 11.2. The summed E-state index contributed by atoms with van der Waals surface area (Å²) < 4.78 is 5.48. The number of hydrogen-bond acceptors (Lipinski definition) is 3. The zero-order valence-corrected chi connectivity index (χ0v) is 11.2. The molecule has 1 unspecified atom stereocenters. The maximum absolute atomic E-state index is 9.13. The molecule has 0 bridgehead atoms. The number of benzene rings is 1. The number of ether oxygens (including phenoxy) is 1. The smallest absolute Gasteiger partial charge is 0.119 e. The molecule has 0 fully saturated rings. The van der Waals surface area contributed by atoms with Crippen LogP contribution in [0.5, 0.6) is 5.75 Å². The van der Waals surface area contributed by atoms with Crippen LogP contribution in [-0.4, -0.2) is 37.3 Å². The standard InChI is InChI=1S/C14H23NO2/c1-5-17-12-6-7-13(11(2)10-12)14(8-9-16)15(3)4/h6-7,10,14,16H,5,8-9H2,1-4H3. The molecule has 0 saturated heterocycles. The summed E-state index contributed by atoms with van der Waals surface area (Å²) in [7, 11) is 4.08. The Kier molecular flexibility index (Phi) is 5.45. The monoisotopic (exact) mass is 237 g/mol. The third-order valence-corrected chi connectivity index (χ3v) is 2.94. The second-order valence-corrected chi connectivity index (χ2v) is 4.44. The Balaban J connectivity index is 2.95. The molecular weight excluding hydrogens is 214 g/mol. The second-order valence-electron chi connectivity index (χ2n) is 4.44. The van der Waals surface area contributed by atoms with Gasteiger partial charge in [-0.15, -0.1) is 0 Å². The van der Waals surface area contributed by atoms with E-state index in [4.69, 9.17) is 9.84 Å². The van der Waals surface area contributed by atoms with Crippen molar-refractivity contribution in [1.29, 1.82) is 0 Å². The van der Waals surface area contributed by atoms with E-state index in [1.165, 1.54) is 11.1 Å². The van der Waals surface area contributed by atoms with Crippen LogP contribution in [0.3, 0.4) is 0 Å². The van der Waals surface area contributed by atoms with Gasteiger partial charge in [-0.1, -0.05) is 6.07 Å². The van der Waals surface area contributed by atoms with Gasteiger partial charge in [0.1, 0.15) is 5.75 Å². The van der Waals surface area contributed by atoms with Crippen molar-refractivity contribution in [1.82, 2.24) is 4.90 Å². The third-order valence-electron chi connectivity index (χ3n) is 2.94. The Morgan fingerprint density at radius 2 is 2.06 bits per heavy atom. The summed E-state index contributed by atoms with van der Waals surface area (Å²) >= 11 is 0.